The molecule has 2 nitrogen and oxygen atoms in total. The van der Waals surface area contributed by atoms with Crippen molar-refractivity contribution < 1.29 is 0 Å². The molecule has 2 rings (SSSR count). The topological polar surface area (TPSA) is 38.9 Å². The van der Waals surface area contributed by atoms with Crippen LogP contribution in [0, 0.1) is 6.20 Å². The van der Waals surface area contributed by atoms with Gasteiger partial charge in [-0.25, -0.2) is 0 Å². The Labute approximate surface area is 66.4 Å². The highest BCUT2D eigenvalue weighted by Crippen LogP contribution is 2.40. The maximum atomic E-state index is 5.57. The van der Waals surface area contributed by atoms with Crippen LogP contribution in [0.25, 0.3) is 0 Å². The van der Waals surface area contributed by atoms with Gasteiger partial charge in [-0.1, -0.05) is 0 Å². The van der Waals surface area contributed by atoms with Crippen molar-refractivity contribution in [1.29, 1.82) is 0 Å². The van der Waals surface area contributed by atoms with Crippen LogP contribution in [0.3, 0.4) is 0 Å². The van der Waals surface area contributed by atoms with Crippen LogP contribution in [0.15, 0.2) is 12.3 Å². The number of nitrogens with zero attached hydrogens (tertiary/aromatic N) is 1. The second kappa shape index (κ2) is 2.62. The lowest BCUT2D eigenvalue weighted by molar-refractivity contribution is 0.973. The highest BCUT2D eigenvalue weighted by Gasteiger charge is 2.25. The van der Waals surface area contributed by atoms with Crippen LogP contribution in [0.2, 0.25) is 0 Å². The summed E-state index contributed by atoms with van der Waals surface area (Å²) in [4.78, 5) is 3.97. The predicted octanol–water partition coefficient (Wildman–Crippen LogP) is 1.22. The third-order valence-corrected chi connectivity index (χ3v) is 2.09. The zero-order chi connectivity index (χ0) is 7.68. The van der Waals surface area contributed by atoms with Crippen molar-refractivity contribution in [3.63, 3.8) is 0 Å². The second-order valence-corrected chi connectivity index (χ2v) is 2.97. The van der Waals surface area contributed by atoms with Gasteiger partial charge in [-0.15, -0.1) is 0 Å². The van der Waals surface area contributed by atoms with Crippen LogP contribution in [-0.2, 0) is 6.54 Å². The van der Waals surface area contributed by atoms with Gasteiger partial charge in [0.05, 0.1) is 6.20 Å². The van der Waals surface area contributed by atoms with Gasteiger partial charge in [0.2, 0.25) is 0 Å². The van der Waals surface area contributed by atoms with Crippen LogP contribution >= 0.6 is 0 Å². The van der Waals surface area contributed by atoms with Gasteiger partial charge in [0, 0.05) is 12.7 Å². The summed E-state index contributed by atoms with van der Waals surface area (Å²) >= 11 is 0. The molecule has 0 atom stereocenters. The molecule has 0 bridgehead atoms. The number of aromatic nitrogens is 1. The lowest BCUT2D eigenvalue weighted by atomic mass is 10.1. The van der Waals surface area contributed by atoms with E-state index in [4.69, 9.17) is 5.73 Å². The fraction of sp³-hybridized carbons (Fsp3) is 0.444. The lowest BCUT2D eigenvalue weighted by Gasteiger charge is -2.02. The van der Waals surface area contributed by atoms with Crippen LogP contribution in [-0.4, -0.2) is 4.98 Å². The highest BCUT2D eigenvalue weighted by atomic mass is 14.6. The fourth-order valence-corrected chi connectivity index (χ4v) is 1.30. The SMILES string of the molecule is NCc1ccn[c]c1C1CC1. The average Bonchev–Trinajstić information content (AvgIpc) is 2.87. The van der Waals surface area contributed by atoms with E-state index in [1.165, 1.54) is 24.0 Å². The molecule has 1 saturated carbocycles. The van der Waals surface area contributed by atoms with Crippen molar-refractivity contribution in [2.75, 3.05) is 0 Å². The molecule has 1 heterocycles. The Bertz CT molecular complexity index is 253. The van der Waals surface area contributed by atoms with Gasteiger partial charge in [0.15, 0.2) is 0 Å². The first-order valence-electron chi connectivity index (χ1n) is 3.97. The average molecular weight is 147 g/mol. The van der Waals surface area contributed by atoms with Crippen LogP contribution < -0.4 is 5.73 Å². The second-order valence-electron chi connectivity index (χ2n) is 2.97. The molecular formula is C9H11N2. The van der Waals surface area contributed by atoms with E-state index >= 15 is 0 Å². The van der Waals surface area contributed by atoms with Gasteiger partial charge >= 0.3 is 0 Å². The molecule has 2 heteroatoms. The quantitative estimate of drug-likeness (QED) is 0.683. The Morgan fingerprint density at radius 2 is 2.45 bits per heavy atom. The Morgan fingerprint density at radius 3 is 3.09 bits per heavy atom. The molecule has 0 amide bonds. The number of rotatable bonds is 2. The Balaban J connectivity index is 2.34. The molecule has 1 fully saturated rings. The summed E-state index contributed by atoms with van der Waals surface area (Å²) in [6.07, 6.45) is 7.35. The van der Waals surface area contributed by atoms with Crippen LogP contribution in [0.4, 0.5) is 0 Å². The van der Waals surface area contributed by atoms with E-state index in [0.29, 0.717) is 12.5 Å². The molecule has 0 spiro atoms. The summed E-state index contributed by atoms with van der Waals surface area (Å²) in [5.74, 6) is 0.710. The zero-order valence-corrected chi connectivity index (χ0v) is 6.38. The summed E-state index contributed by atoms with van der Waals surface area (Å²) in [6, 6.07) is 1.99. The maximum Gasteiger partial charge on any atom is 0.0927 e. The molecule has 1 aliphatic carbocycles. The van der Waals surface area contributed by atoms with Crippen molar-refractivity contribution >= 4 is 0 Å². The molecule has 0 aromatic carbocycles. The monoisotopic (exact) mass is 147 g/mol. The van der Waals surface area contributed by atoms with Gasteiger partial charge in [-0.3, -0.25) is 4.98 Å². The van der Waals surface area contributed by atoms with Crippen molar-refractivity contribution in [1.82, 2.24) is 4.98 Å². The molecule has 1 radical (unpaired) electrons. The van der Waals surface area contributed by atoms with Gasteiger partial charge in [-0.2, -0.15) is 0 Å². The van der Waals surface area contributed by atoms with E-state index in [0.717, 1.165) is 0 Å². The smallest absolute Gasteiger partial charge is 0.0927 e. The maximum absolute atomic E-state index is 5.57. The third kappa shape index (κ3) is 1.26. The van der Waals surface area contributed by atoms with Crippen LogP contribution in [0.1, 0.15) is 29.9 Å². The first-order valence-corrected chi connectivity index (χ1v) is 3.97. The van der Waals surface area contributed by atoms with Crippen molar-refractivity contribution in [3.05, 3.63) is 29.6 Å². The molecule has 11 heavy (non-hydrogen) atoms. The summed E-state index contributed by atoms with van der Waals surface area (Å²) in [6.45, 7) is 0.616. The molecule has 2 N–H and O–H groups in total. The van der Waals surface area contributed by atoms with Crippen molar-refractivity contribution in [2.45, 2.75) is 25.3 Å². The standard InChI is InChI=1S/C9H11N2/c10-5-8-3-4-11-6-9(8)7-1-2-7/h3-4,7H,1-2,5,10H2. The van der Waals surface area contributed by atoms with E-state index in [-0.39, 0.29) is 0 Å². The first kappa shape index (κ1) is 6.80. The summed E-state index contributed by atoms with van der Waals surface area (Å²) in [5.41, 5.74) is 8.02. The molecule has 57 valence electrons. The van der Waals surface area contributed by atoms with Gasteiger partial charge in [-0.05, 0) is 36.0 Å². The summed E-state index contributed by atoms with van der Waals surface area (Å²) < 4.78 is 0. The first-order chi connectivity index (χ1) is 5.42. The van der Waals surface area contributed by atoms with Gasteiger partial charge < -0.3 is 5.73 Å². The lowest BCUT2D eigenvalue weighted by Crippen LogP contribution is -2.01. The molecular weight excluding hydrogens is 136 g/mol. The van der Waals surface area contributed by atoms with E-state index < -0.39 is 0 Å². The Hall–Kier alpha value is -0.890. The Kier molecular flexibility index (Phi) is 1.62. The van der Waals surface area contributed by atoms with E-state index in [1.807, 2.05) is 6.07 Å². The minimum atomic E-state index is 0.616. The highest BCUT2D eigenvalue weighted by molar-refractivity contribution is 5.28. The van der Waals surface area contributed by atoms with E-state index in [2.05, 4.69) is 11.2 Å². The predicted molar refractivity (Wildman–Crippen MR) is 42.9 cm³/mol. The van der Waals surface area contributed by atoms with E-state index in [9.17, 15) is 0 Å². The molecule has 0 saturated heterocycles. The fourth-order valence-electron chi connectivity index (χ4n) is 1.30. The largest absolute Gasteiger partial charge is 0.326 e. The van der Waals surface area contributed by atoms with E-state index in [1.54, 1.807) is 6.20 Å². The van der Waals surface area contributed by atoms with Gasteiger partial charge in [0.25, 0.3) is 0 Å². The number of pyridine rings is 1. The van der Waals surface area contributed by atoms with Gasteiger partial charge in [0.1, 0.15) is 0 Å². The number of nitrogens with two attached hydrogens (primary N) is 1. The zero-order valence-electron chi connectivity index (χ0n) is 6.38. The molecule has 1 aromatic heterocycles. The minimum absolute atomic E-state index is 0.616. The van der Waals surface area contributed by atoms with Crippen LogP contribution in [0.5, 0.6) is 0 Å². The Morgan fingerprint density at radius 1 is 1.64 bits per heavy atom. The number of hydrogen-bond donors (Lipinski definition) is 1. The molecule has 0 unspecified atom stereocenters. The molecule has 1 aliphatic rings. The minimum Gasteiger partial charge on any atom is -0.326 e. The summed E-state index contributed by atoms with van der Waals surface area (Å²) in [7, 11) is 0. The normalized spacial score (nSPS) is 16.8. The molecule has 1 aromatic rings. The number of hydrogen-bond acceptors (Lipinski definition) is 2. The van der Waals surface area contributed by atoms with Crippen molar-refractivity contribution in [3.8, 4) is 0 Å². The van der Waals surface area contributed by atoms with Crippen molar-refractivity contribution in [2.24, 2.45) is 5.73 Å². The molecule has 0 aliphatic heterocycles. The summed E-state index contributed by atoms with van der Waals surface area (Å²) in [5, 5.41) is 0. The third-order valence-electron chi connectivity index (χ3n) is 2.09.